The van der Waals surface area contributed by atoms with E-state index in [0.29, 0.717) is 13.2 Å². The monoisotopic (exact) mass is 287 g/mol. The highest BCUT2D eigenvalue weighted by atomic mass is 16.5. The number of esters is 1. The molecule has 1 unspecified atom stereocenters. The Morgan fingerprint density at radius 2 is 2.00 bits per heavy atom. The highest BCUT2D eigenvalue weighted by Gasteiger charge is 2.36. The van der Waals surface area contributed by atoms with Crippen molar-refractivity contribution in [3.8, 4) is 0 Å². The van der Waals surface area contributed by atoms with Gasteiger partial charge in [-0.15, -0.1) is 0 Å². The Balaban J connectivity index is 2.73. The average Bonchev–Trinajstić information content (AvgIpc) is 2.35. The van der Waals surface area contributed by atoms with Crippen LogP contribution in [0.3, 0.4) is 0 Å². The molecule has 0 bridgehead atoms. The van der Waals surface area contributed by atoms with E-state index in [1.165, 1.54) is 12.0 Å². The summed E-state index contributed by atoms with van der Waals surface area (Å²) in [6, 6.07) is -0.748. The van der Waals surface area contributed by atoms with Gasteiger partial charge >= 0.3 is 11.9 Å². The summed E-state index contributed by atoms with van der Waals surface area (Å²) in [6.45, 7) is 4.21. The van der Waals surface area contributed by atoms with Crippen molar-refractivity contribution < 1.29 is 29.0 Å². The van der Waals surface area contributed by atoms with Crippen LogP contribution in [0.1, 0.15) is 26.7 Å². The standard InChI is InChI=1S/C13H21NO6/c1-13(2,7-11(16)17)6-10(15)14-4-5-20-8-9(14)12(18)19-3/h9H,4-8H2,1-3H3,(H,16,17). The summed E-state index contributed by atoms with van der Waals surface area (Å²) in [5.41, 5.74) is -0.665. The maximum Gasteiger partial charge on any atom is 0.331 e. The van der Waals surface area contributed by atoms with Gasteiger partial charge in [-0.25, -0.2) is 4.79 Å². The second-order valence-corrected chi connectivity index (χ2v) is 5.61. The summed E-state index contributed by atoms with van der Waals surface area (Å²) in [4.78, 5) is 36.1. The number of carboxylic acids is 1. The number of amides is 1. The van der Waals surface area contributed by atoms with Crippen molar-refractivity contribution >= 4 is 17.8 Å². The number of rotatable bonds is 5. The lowest BCUT2D eigenvalue weighted by Gasteiger charge is -2.35. The van der Waals surface area contributed by atoms with Crippen molar-refractivity contribution in [3.05, 3.63) is 0 Å². The van der Waals surface area contributed by atoms with Crippen LogP contribution in [0.25, 0.3) is 0 Å². The van der Waals surface area contributed by atoms with Crippen LogP contribution in [0.4, 0.5) is 0 Å². The van der Waals surface area contributed by atoms with E-state index in [2.05, 4.69) is 4.74 Å². The second-order valence-electron chi connectivity index (χ2n) is 5.61. The number of nitrogens with zero attached hydrogens (tertiary/aromatic N) is 1. The number of morpholine rings is 1. The Hall–Kier alpha value is -1.63. The van der Waals surface area contributed by atoms with Gasteiger partial charge in [-0.1, -0.05) is 13.8 Å². The van der Waals surface area contributed by atoms with Crippen LogP contribution in [0, 0.1) is 5.41 Å². The lowest BCUT2D eigenvalue weighted by atomic mass is 9.85. The van der Waals surface area contributed by atoms with Gasteiger partial charge in [0, 0.05) is 13.0 Å². The Morgan fingerprint density at radius 1 is 1.35 bits per heavy atom. The molecule has 0 aromatic carbocycles. The fraction of sp³-hybridized carbons (Fsp3) is 0.769. The van der Waals surface area contributed by atoms with Gasteiger partial charge in [0.05, 0.1) is 26.7 Å². The van der Waals surface area contributed by atoms with Gasteiger partial charge in [0.25, 0.3) is 0 Å². The maximum atomic E-state index is 12.3. The molecule has 1 atom stereocenters. The Kier molecular flexibility index (Phi) is 5.50. The van der Waals surface area contributed by atoms with Gasteiger partial charge in [-0.2, -0.15) is 0 Å². The predicted octanol–water partition coefficient (Wildman–Crippen LogP) is 0.278. The summed E-state index contributed by atoms with van der Waals surface area (Å²) >= 11 is 0. The van der Waals surface area contributed by atoms with Crippen LogP contribution in [0.15, 0.2) is 0 Å². The lowest BCUT2D eigenvalue weighted by Crippen LogP contribution is -2.53. The first-order valence-electron chi connectivity index (χ1n) is 6.43. The van der Waals surface area contributed by atoms with Crippen LogP contribution in [-0.4, -0.2) is 60.8 Å². The maximum absolute atomic E-state index is 12.3. The zero-order chi connectivity index (χ0) is 15.3. The minimum Gasteiger partial charge on any atom is -0.481 e. The highest BCUT2D eigenvalue weighted by molar-refractivity contribution is 5.85. The number of carbonyl (C=O) groups is 3. The molecular weight excluding hydrogens is 266 g/mol. The molecule has 1 saturated heterocycles. The van der Waals surface area contributed by atoms with Crippen molar-refractivity contribution in [2.45, 2.75) is 32.7 Å². The molecular formula is C13H21NO6. The van der Waals surface area contributed by atoms with E-state index in [0.717, 1.165) is 0 Å². The molecule has 1 aliphatic rings. The third kappa shape index (κ3) is 4.48. The Labute approximate surface area is 117 Å². The number of methoxy groups -OCH3 is 1. The van der Waals surface area contributed by atoms with Crippen LogP contribution in [0.5, 0.6) is 0 Å². The van der Waals surface area contributed by atoms with Gasteiger partial charge in [0.1, 0.15) is 0 Å². The first-order chi connectivity index (χ1) is 9.26. The quantitative estimate of drug-likeness (QED) is 0.730. The first kappa shape index (κ1) is 16.4. The topological polar surface area (TPSA) is 93.1 Å². The Bertz CT molecular complexity index is 392. The number of aliphatic carboxylic acids is 1. The first-order valence-corrected chi connectivity index (χ1v) is 6.43. The van der Waals surface area contributed by atoms with Crippen LogP contribution < -0.4 is 0 Å². The van der Waals surface area contributed by atoms with Crippen molar-refractivity contribution in [1.29, 1.82) is 0 Å². The van der Waals surface area contributed by atoms with E-state index in [9.17, 15) is 14.4 Å². The third-order valence-electron chi connectivity index (χ3n) is 3.18. The molecule has 1 N–H and O–H groups in total. The number of carboxylic acid groups (broad SMARTS) is 1. The van der Waals surface area contributed by atoms with Crippen molar-refractivity contribution in [3.63, 3.8) is 0 Å². The fourth-order valence-corrected chi connectivity index (χ4v) is 2.22. The van der Waals surface area contributed by atoms with Gasteiger partial charge in [0.15, 0.2) is 6.04 Å². The molecule has 1 amide bonds. The molecule has 20 heavy (non-hydrogen) atoms. The second kappa shape index (κ2) is 6.69. The highest BCUT2D eigenvalue weighted by Crippen LogP contribution is 2.27. The molecule has 0 radical (unpaired) electrons. The zero-order valence-corrected chi connectivity index (χ0v) is 12.0. The minimum atomic E-state index is -0.950. The largest absolute Gasteiger partial charge is 0.481 e. The molecule has 0 aromatic heterocycles. The summed E-state index contributed by atoms with van der Waals surface area (Å²) in [7, 11) is 1.26. The van der Waals surface area contributed by atoms with E-state index >= 15 is 0 Å². The number of carbonyl (C=O) groups excluding carboxylic acids is 2. The number of hydrogen-bond acceptors (Lipinski definition) is 5. The van der Waals surface area contributed by atoms with Crippen LogP contribution in [-0.2, 0) is 23.9 Å². The van der Waals surface area contributed by atoms with Crippen LogP contribution in [0.2, 0.25) is 0 Å². The molecule has 1 heterocycles. The predicted molar refractivity (Wildman–Crippen MR) is 69.0 cm³/mol. The van der Waals surface area contributed by atoms with Crippen molar-refractivity contribution in [1.82, 2.24) is 4.90 Å². The lowest BCUT2D eigenvalue weighted by molar-refractivity contribution is -0.162. The van der Waals surface area contributed by atoms with Crippen molar-refractivity contribution in [2.75, 3.05) is 26.9 Å². The molecule has 1 fully saturated rings. The SMILES string of the molecule is COC(=O)C1COCCN1C(=O)CC(C)(C)CC(=O)O. The molecule has 0 saturated carbocycles. The molecule has 0 spiro atoms. The zero-order valence-electron chi connectivity index (χ0n) is 12.0. The van der Waals surface area contributed by atoms with Gasteiger partial charge < -0.3 is 19.5 Å². The Morgan fingerprint density at radius 3 is 2.55 bits per heavy atom. The fourth-order valence-electron chi connectivity index (χ4n) is 2.22. The van der Waals surface area contributed by atoms with E-state index in [4.69, 9.17) is 9.84 Å². The number of hydrogen-bond donors (Lipinski definition) is 1. The summed E-state index contributed by atoms with van der Waals surface area (Å²) in [6.07, 6.45) is -0.0429. The summed E-state index contributed by atoms with van der Waals surface area (Å²) < 4.78 is 9.85. The summed E-state index contributed by atoms with van der Waals surface area (Å²) in [5, 5.41) is 8.83. The molecule has 0 aromatic rings. The third-order valence-corrected chi connectivity index (χ3v) is 3.18. The van der Waals surface area contributed by atoms with E-state index in [-0.39, 0.29) is 25.4 Å². The van der Waals surface area contributed by atoms with E-state index < -0.39 is 23.4 Å². The van der Waals surface area contributed by atoms with Gasteiger partial charge in [-0.3, -0.25) is 9.59 Å². The van der Waals surface area contributed by atoms with Crippen molar-refractivity contribution in [2.24, 2.45) is 5.41 Å². The van der Waals surface area contributed by atoms with Gasteiger partial charge in [-0.05, 0) is 5.41 Å². The minimum absolute atomic E-state index is 0.0623. The van der Waals surface area contributed by atoms with E-state index in [1.807, 2.05) is 0 Å². The van der Waals surface area contributed by atoms with E-state index in [1.54, 1.807) is 13.8 Å². The molecule has 114 valence electrons. The van der Waals surface area contributed by atoms with Crippen LogP contribution >= 0.6 is 0 Å². The molecule has 7 nitrogen and oxygen atoms in total. The smallest absolute Gasteiger partial charge is 0.331 e. The molecule has 1 aliphatic heterocycles. The molecule has 0 aliphatic carbocycles. The molecule has 1 rings (SSSR count). The van der Waals surface area contributed by atoms with Gasteiger partial charge in [0.2, 0.25) is 5.91 Å². The number of ether oxygens (including phenoxy) is 2. The summed E-state index contributed by atoms with van der Waals surface area (Å²) in [5.74, 6) is -1.72. The molecule has 7 heteroatoms. The normalized spacial score (nSPS) is 19.6. The average molecular weight is 287 g/mol.